The molecule has 0 aliphatic rings. The normalized spacial score (nSPS) is 10.8. The summed E-state index contributed by atoms with van der Waals surface area (Å²) in [4.78, 5) is 26.8. The van der Waals surface area contributed by atoms with Gasteiger partial charge in [-0.05, 0) is 26.0 Å². The van der Waals surface area contributed by atoms with Gasteiger partial charge < -0.3 is 10.1 Å². The van der Waals surface area contributed by atoms with Gasteiger partial charge in [-0.2, -0.15) is 12.6 Å². The zero-order valence-corrected chi connectivity index (χ0v) is 10.7. The molecule has 0 unspecified atom stereocenters. The Morgan fingerprint density at radius 2 is 2.12 bits per heavy atom. The Labute approximate surface area is 105 Å². The van der Waals surface area contributed by atoms with Gasteiger partial charge in [-0.25, -0.2) is 9.78 Å². The number of thiol groups is 1. The molecule has 17 heavy (non-hydrogen) atoms. The summed E-state index contributed by atoms with van der Waals surface area (Å²) >= 11 is 4.13. The number of methoxy groups -OCH3 is 1. The predicted octanol–water partition coefficient (Wildman–Crippen LogP) is 1.52. The van der Waals surface area contributed by atoms with Crippen molar-refractivity contribution in [3.63, 3.8) is 0 Å². The molecule has 1 N–H and O–H groups in total. The fourth-order valence-corrected chi connectivity index (χ4v) is 1.07. The number of ether oxygens (including phenoxy) is 1. The molecule has 0 spiro atoms. The lowest BCUT2D eigenvalue weighted by Gasteiger charge is -2.16. The number of nitrogens with one attached hydrogen (secondary N) is 1. The fourth-order valence-electron chi connectivity index (χ4n) is 1.01. The van der Waals surface area contributed by atoms with Crippen molar-refractivity contribution in [1.29, 1.82) is 0 Å². The van der Waals surface area contributed by atoms with Crippen LogP contribution >= 0.6 is 12.6 Å². The summed E-state index contributed by atoms with van der Waals surface area (Å²) in [6, 6.07) is 2.95. The van der Waals surface area contributed by atoms with E-state index >= 15 is 0 Å². The van der Waals surface area contributed by atoms with E-state index in [4.69, 9.17) is 0 Å². The number of carbonyl (C=O) groups excluding carboxylic acids is 2. The van der Waals surface area contributed by atoms with Gasteiger partial charge in [0, 0.05) is 6.20 Å². The average Bonchev–Trinajstić information content (AvgIpc) is 2.27. The topological polar surface area (TPSA) is 68.3 Å². The van der Waals surface area contributed by atoms with Crippen LogP contribution in [0, 0.1) is 0 Å². The summed E-state index contributed by atoms with van der Waals surface area (Å²) in [6.07, 6.45) is 1.42. The van der Waals surface area contributed by atoms with Crippen molar-refractivity contribution in [2.75, 3.05) is 12.4 Å². The Morgan fingerprint density at radius 1 is 1.47 bits per heavy atom. The van der Waals surface area contributed by atoms with Crippen LogP contribution in [0.2, 0.25) is 0 Å². The molecule has 0 saturated heterocycles. The maximum absolute atomic E-state index is 11.6. The molecule has 0 aliphatic carbocycles. The molecule has 1 aromatic rings. The lowest BCUT2D eigenvalue weighted by Crippen LogP contribution is -2.32. The highest BCUT2D eigenvalue weighted by molar-refractivity contribution is 7.82. The molecule has 0 aromatic carbocycles. The number of carbonyl (C=O) groups is 2. The van der Waals surface area contributed by atoms with E-state index < -0.39 is 10.7 Å². The molecule has 0 radical (unpaired) electrons. The third kappa shape index (κ3) is 3.74. The Bertz CT molecular complexity index is 441. The van der Waals surface area contributed by atoms with Crippen molar-refractivity contribution in [2.24, 2.45) is 0 Å². The zero-order chi connectivity index (χ0) is 13.1. The van der Waals surface area contributed by atoms with Crippen LogP contribution in [-0.4, -0.2) is 28.7 Å². The Balaban J connectivity index is 2.87. The van der Waals surface area contributed by atoms with E-state index in [1.54, 1.807) is 13.8 Å². The molecule has 1 aromatic heterocycles. The van der Waals surface area contributed by atoms with Crippen molar-refractivity contribution < 1.29 is 14.3 Å². The highest BCUT2D eigenvalue weighted by atomic mass is 32.1. The monoisotopic (exact) mass is 254 g/mol. The van der Waals surface area contributed by atoms with E-state index in [9.17, 15) is 9.59 Å². The molecular weight excluding hydrogens is 240 g/mol. The summed E-state index contributed by atoms with van der Waals surface area (Å²) in [6.45, 7) is 3.32. The number of hydrogen-bond donors (Lipinski definition) is 2. The predicted molar refractivity (Wildman–Crippen MR) is 67.3 cm³/mol. The Morgan fingerprint density at radius 3 is 2.65 bits per heavy atom. The van der Waals surface area contributed by atoms with E-state index in [1.165, 1.54) is 25.4 Å². The molecule has 6 heteroatoms. The molecular formula is C11H14N2O3S. The van der Waals surface area contributed by atoms with Gasteiger partial charge in [-0.3, -0.25) is 4.79 Å². The van der Waals surface area contributed by atoms with E-state index in [-0.39, 0.29) is 5.91 Å². The summed E-state index contributed by atoms with van der Waals surface area (Å²) < 4.78 is 3.75. The molecule has 0 aliphatic heterocycles. The van der Waals surface area contributed by atoms with Crippen molar-refractivity contribution in [1.82, 2.24) is 4.98 Å². The minimum atomic E-state index is -0.817. The van der Waals surface area contributed by atoms with Gasteiger partial charge in [0.25, 0.3) is 0 Å². The van der Waals surface area contributed by atoms with Crippen LogP contribution in [-0.2, 0) is 9.53 Å². The fraction of sp³-hybridized carbons (Fsp3) is 0.364. The number of esters is 1. The molecule has 1 rings (SSSR count). The van der Waals surface area contributed by atoms with Crippen molar-refractivity contribution in [3.05, 3.63) is 23.9 Å². The average molecular weight is 254 g/mol. The number of amides is 1. The molecule has 1 amide bonds. The molecule has 0 fully saturated rings. The second-order valence-electron chi connectivity index (χ2n) is 3.93. The summed E-state index contributed by atoms with van der Waals surface area (Å²) in [5.41, 5.74) is 0.328. The third-order valence-electron chi connectivity index (χ3n) is 1.98. The molecule has 1 heterocycles. The van der Waals surface area contributed by atoms with Crippen LogP contribution in [0.3, 0.4) is 0 Å². The maximum Gasteiger partial charge on any atom is 0.338 e. The first-order valence-electron chi connectivity index (χ1n) is 4.93. The first-order valence-corrected chi connectivity index (χ1v) is 5.37. The van der Waals surface area contributed by atoms with Crippen molar-refractivity contribution >= 4 is 30.3 Å². The van der Waals surface area contributed by atoms with Crippen LogP contribution < -0.4 is 5.32 Å². The molecule has 5 nitrogen and oxygen atoms in total. The number of rotatable bonds is 3. The van der Waals surface area contributed by atoms with Crippen molar-refractivity contribution in [2.45, 2.75) is 18.6 Å². The number of hydrogen-bond acceptors (Lipinski definition) is 5. The van der Waals surface area contributed by atoms with E-state index in [0.29, 0.717) is 11.4 Å². The molecule has 0 bridgehead atoms. The van der Waals surface area contributed by atoms with Crippen molar-refractivity contribution in [3.8, 4) is 0 Å². The van der Waals surface area contributed by atoms with Gasteiger partial charge in [0.05, 0.1) is 17.4 Å². The van der Waals surface area contributed by atoms with Gasteiger partial charge in [0.15, 0.2) is 0 Å². The van der Waals surface area contributed by atoms with Crippen LogP contribution in [0.1, 0.15) is 24.2 Å². The highest BCUT2D eigenvalue weighted by Gasteiger charge is 2.23. The van der Waals surface area contributed by atoms with E-state index in [2.05, 4.69) is 27.7 Å². The van der Waals surface area contributed by atoms with E-state index in [0.717, 1.165) is 0 Å². The van der Waals surface area contributed by atoms with Gasteiger partial charge >= 0.3 is 5.97 Å². The standard InChI is InChI=1S/C11H14N2O3S/c1-11(2,17)10(15)13-8-6-7(4-5-12-8)9(14)16-3/h4-6,17H,1-3H3,(H,12,13,15). The van der Waals surface area contributed by atoms with Crippen LogP contribution in [0.25, 0.3) is 0 Å². The lowest BCUT2D eigenvalue weighted by atomic mass is 10.2. The Kier molecular flexibility index (Phi) is 4.11. The first-order chi connectivity index (χ1) is 7.84. The summed E-state index contributed by atoms with van der Waals surface area (Å²) in [5, 5.41) is 2.57. The molecule has 0 saturated carbocycles. The zero-order valence-electron chi connectivity index (χ0n) is 9.85. The third-order valence-corrected chi connectivity index (χ3v) is 2.18. The van der Waals surface area contributed by atoms with Gasteiger partial charge in [0.2, 0.25) is 5.91 Å². The summed E-state index contributed by atoms with van der Waals surface area (Å²) in [7, 11) is 1.29. The first kappa shape index (κ1) is 13.5. The SMILES string of the molecule is COC(=O)c1ccnc(NC(=O)C(C)(C)S)c1. The molecule has 0 atom stereocenters. The van der Waals surface area contributed by atoms with Crippen LogP contribution in [0.15, 0.2) is 18.3 Å². The second-order valence-corrected chi connectivity index (χ2v) is 5.05. The smallest absolute Gasteiger partial charge is 0.338 e. The summed E-state index contributed by atoms with van der Waals surface area (Å²) in [5.74, 6) is -0.483. The van der Waals surface area contributed by atoms with Gasteiger partial charge in [-0.1, -0.05) is 0 Å². The number of aromatic nitrogens is 1. The minimum absolute atomic E-state index is 0.292. The van der Waals surface area contributed by atoms with Crippen LogP contribution in [0.4, 0.5) is 5.82 Å². The molecule has 92 valence electrons. The lowest BCUT2D eigenvalue weighted by molar-refractivity contribution is -0.117. The van der Waals surface area contributed by atoms with E-state index in [1.807, 2.05) is 0 Å². The van der Waals surface area contributed by atoms with Crippen LogP contribution in [0.5, 0.6) is 0 Å². The quantitative estimate of drug-likeness (QED) is 0.634. The second kappa shape index (κ2) is 5.18. The van der Waals surface area contributed by atoms with Gasteiger partial charge in [-0.15, -0.1) is 0 Å². The number of anilines is 1. The number of pyridine rings is 1. The maximum atomic E-state index is 11.6. The minimum Gasteiger partial charge on any atom is -0.465 e. The number of nitrogens with zero attached hydrogens (tertiary/aromatic N) is 1. The largest absolute Gasteiger partial charge is 0.465 e. The van der Waals surface area contributed by atoms with Gasteiger partial charge in [0.1, 0.15) is 5.82 Å². The Hall–Kier alpha value is -1.56. The highest BCUT2D eigenvalue weighted by Crippen LogP contribution is 2.15.